The van der Waals surface area contributed by atoms with Crippen LogP contribution in [0.5, 0.6) is 0 Å². The van der Waals surface area contributed by atoms with Gasteiger partial charge >= 0.3 is 0 Å². The van der Waals surface area contributed by atoms with E-state index in [9.17, 15) is 9.90 Å². The third kappa shape index (κ3) is 1.68. The van der Waals surface area contributed by atoms with Crippen LogP contribution in [0.15, 0.2) is 24.5 Å². The molecule has 0 radical (unpaired) electrons. The lowest BCUT2D eigenvalue weighted by Crippen LogP contribution is -2.16. The van der Waals surface area contributed by atoms with Gasteiger partial charge in [0.05, 0.1) is 6.10 Å². The topological polar surface area (TPSA) is 50.2 Å². The van der Waals surface area contributed by atoms with Crippen LogP contribution in [0.25, 0.3) is 0 Å². The van der Waals surface area contributed by atoms with Crippen molar-refractivity contribution in [2.24, 2.45) is 5.92 Å². The van der Waals surface area contributed by atoms with Gasteiger partial charge in [0, 0.05) is 24.7 Å². The Labute approximate surface area is 82.8 Å². The molecule has 2 atom stereocenters. The molecule has 0 amide bonds. The van der Waals surface area contributed by atoms with Crippen LogP contribution >= 0.6 is 0 Å². The van der Waals surface area contributed by atoms with Crippen molar-refractivity contribution in [1.82, 2.24) is 4.98 Å². The summed E-state index contributed by atoms with van der Waals surface area (Å²) >= 11 is 0. The fourth-order valence-electron chi connectivity index (χ4n) is 1.96. The number of carbonyl (C=O) groups excluding carboxylic acids is 1. The van der Waals surface area contributed by atoms with E-state index in [0.717, 1.165) is 18.4 Å². The minimum atomic E-state index is -0.668. The lowest BCUT2D eigenvalue weighted by molar-refractivity contribution is -0.123. The second-order valence-corrected chi connectivity index (χ2v) is 3.70. The molecule has 3 nitrogen and oxygen atoms in total. The number of hydrogen-bond acceptors (Lipinski definition) is 3. The summed E-state index contributed by atoms with van der Waals surface area (Å²) in [6.07, 6.45) is 4.93. The smallest absolute Gasteiger partial charge is 0.138 e. The Morgan fingerprint density at radius 2 is 2.43 bits per heavy atom. The molecule has 0 unspecified atom stereocenters. The van der Waals surface area contributed by atoms with Crippen LogP contribution in [0.3, 0.4) is 0 Å². The Kier molecular flexibility index (Phi) is 2.59. The molecule has 0 bridgehead atoms. The fraction of sp³-hybridized carbons (Fsp3) is 0.455. The molecule has 0 aromatic carbocycles. The van der Waals surface area contributed by atoms with Gasteiger partial charge in [0.25, 0.3) is 0 Å². The van der Waals surface area contributed by atoms with Gasteiger partial charge in [-0.3, -0.25) is 9.78 Å². The Balaban J connectivity index is 2.16. The zero-order valence-electron chi connectivity index (χ0n) is 7.89. The molecule has 1 N–H and O–H groups in total. The van der Waals surface area contributed by atoms with E-state index in [4.69, 9.17) is 0 Å². The molecule has 1 saturated carbocycles. The summed E-state index contributed by atoms with van der Waals surface area (Å²) in [5.41, 5.74) is 0.743. The summed E-state index contributed by atoms with van der Waals surface area (Å²) in [6.45, 7) is 0. The quantitative estimate of drug-likeness (QED) is 0.770. The van der Waals surface area contributed by atoms with E-state index in [1.165, 1.54) is 0 Å². The summed E-state index contributed by atoms with van der Waals surface area (Å²) in [7, 11) is 0. The Morgan fingerprint density at radius 1 is 1.57 bits per heavy atom. The standard InChI is InChI=1S/C11H13NO2/c13-10-5-1-4-9(10)11(14)8-3-2-6-12-7-8/h2-3,6-7,9,11,14H,1,4-5H2/t9-,11-/m1/s1. The van der Waals surface area contributed by atoms with Gasteiger partial charge in [-0.25, -0.2) is 0 Å². The van der Waals surface area contributed by atoms with Crippen LogP contribution in [-0.2, 0) is 4.79 Å². The van der Waals surface area contributed by atoms with Crippen molar-refractivity contribution in [2.45, 2.75) is 25.4 Å². The number of hydrogen-bond donors (Lipinski definition) is 1. The van der Waals surface area contributed by atoms with E-state index in [2.05, 4.69) is 4.98 Å². The lowest BCUT2D eigenvalue weighted by atomic mass is 9.95. The first-order chi connectivity index (χ1) is 6.79. The zero-order valence-corrected chi connectivity index (χ0v) is 7.89. The average molecular weight is 191 g/mol. The minimum absolute atomic E-state index is 0.182. The van der Waals surface area contributed by atoms with Crippen molar-refractivity contribution >= 4 is 5.78 Å². The number of ketones is 1. The molecule has 3 heteroatoms. The van der Waals surface area contributed by atoms with E-state index in [1.54, 1.807) is 18.5 Å². The number of Topliss-reactive ketones (excluding diaryl/α,β-unsaturated/α-hetero) is 1. The minimum Gasteiger partial charge on any atom is -0.388 e. The van der Waals surface area contributed by atoms with Crippen LogP contribution in [-0.4, -0.2) is 15.9 Å². The van der Waals surface area contributed by atoms with Gasteiger partial charge in [-0.2, -0.15) is 0 Å². The molecule has 74 valence electrons. The zero-order chi connectivity index (χ0) is 9.97. The highest BCUT2D eigenvalue weighted by atomic mass is 16.3. The van der Waals surface area contributed by atoms with Crippen LogP contribution in [0.4, 0.5) is 0 Å². The molecular formula is C11H13NO2. The molecule has 1 aliphatic rings. The number of aliphatic hydroxyl groups is 1. The van der Waals surface area contributed by atoms with E-state index in [1.807, 2.05) is 6.07 Å². The Morgan fingerprint density at radius 3 is 3.00 bits per heavy atom. The first-order valence-corrected chi connectivity index (χ1v) is 4.90. The highest BCUT2D eigenvalue weighted by molar-refractivity contribution is 5.83. The summed E-state index contributed by atoms with van der Waals surface area (Å²) < 4.78 is 0. The molecule has 0 aliphatic heterocycles. The second kappa shape index (κ2) is 3.88. The molecular weight excluding hydrogens is 178 g/mol. The molecule has 1 aromatic heterocycles. The molecule has 0 saturated heterocycles. The molecule has 0 spiro atoms. The van der Waals surface area contributed by atoms with Gasteiger partial charge in [-0.05, 0) is 24.5 Å². The third-order valence-electron chi connectivity index (χ3n) is 2.76. The highest BCUT2D eigenvalue weighted by Gasteiger charge is 2.31. The molecule has 1 aliphatic carbocycles. The number of rotatable bonds is 2. The van der Waals surface area contributed by atoms with Crippen molar-refractivity contribution in [1.29, 1.82) is 0 Å². The molecule has 1 heterocycles. The number of carbonyl (C=O) groups is 1. The monoisotopic (exact) mass is 191 g/mol. The number of nitrogens with zero attached hydrogens (tertiary/aromatic N) is 1. The number of aromatic nitrogens is 1. The van der Waals surface area contributed by atoms with Gasteiger partial charge in [0.2, 0.25) is 0 Å². The van der Waals surface area contributed by atoms with E-state index >= 15 is 0 Å². The van der Waals surface area contributed by atoms with Crippen LogP contribution in [0.1, 0.15) is 30.9 Å². The van der Waals surface area contributed by atoms with Gasteiger partial charge in [-0.1, -0.05) is 6.07 Å². The number of pyridine rings is 1. The maximum Gasteiger partial charge on any atom is 0.138 e. The highest BCUT2D eigenvalue weighted by Crippen LogP contribution is 2.32. The summed E-state index contributed by atoms with van der Waals surface area (Å²) in [6, 6.07) is 3.58. The van der Waals surface area contributed by atoms with Gasteiger partial charge in [0.15, 0.2) is 0 Å². The SMILES string of the molecule is O=C1CCC[C@H]1[C@H](O)c1cccnc1. The summed E-state index contributed by atoms with van der Waals surface area (Å²) in [4.78, 5) is 15.3. The predicted molar refractivity (Wildman–Crippen MR) is 51.5 cm³/mol. The molecule has 1 fully saturated rings. The maximum atomic E-state index is 11.4. The summed E-state index contributed by atoms with van der Waals surface area (Å²) in [5, 5.41) is 9.93. The van der Waals surface area contributed by atoms with Crippen molar-refractivity contribution < 1.29 is 9.90 Å². The van der Waals surface area contributed by atoms with Crippen molar-refractivity contribution in [3.8, 4) is 0 Å². The first kappa shape index (κ1) is 9.34. The fourth-order valence-corrected chi connectivity index (χ4v) is 1.96. The molecule has 14 heavy (non-hydrogen) atoms. The lowest BCUT2D eigenvalue weighted by Gasteiger charge is -2.15. The Hall–Kier alpha value is -1.22. The van der Waals surface area contributed by atoms with Gasteiger partial charge in [0.1, 0.15) is 5.78 Å². The largest absolute Gasteiger partial charge is 0.388 e. The van der Waals surface area contributed by atoms with Crippen molar-refractivity contribution in [3.05, 3.63) is 30.1 Å². The normalized spacial score (nSPS) is 23.8. The Bertz CT molecular complexity index is 323. The average Bonchev–Trinajstić information content (AvgIpc) is 2.65. The van der Waals surface area contributed by atoms with Crippen molar-refractivity contribution in [2.75, 3.05) is 0 Å². The van der Waals surface area contributed by atoms with Crippen LogP contribution in [0.2, 0.25) is 0 Å². The molecule has 1 aromatic rings. The van der Waals surface area contributed by atoms with Crippen LogP contribution in [0, 0.1) is 5.92 Å². The van der Waals surface area contributed by atoms with Gasteiger partial charge < -0.3 is 5.11 Å². The predicted octanol–water partition coefficient (Wildman–Crippen LogP) is 1.48. The first-order valence-electron chi connectivity index (χ1n) is 4.90. The molecule has 2 rings (SSSR count). The summed E-state index contributed by atoms with van der Waals surface area (Å²) in [5.74, 6) is -0.0273. The van der Waals surface area contributed by atoms with E-state index in [-0.39, 0.29) is 11.7 Å². The van der Waals surface area contributed by atoms with E-state index < -0.39 is 6.10 Å². The van der Waals surface area contributed by atoms with E-state index in [0.29, 0.717) is 6.42 Å². The maximum absolute atomic E-state index is 11.4. The van der Waals surface area contributed by atoms with Gasteiger partial charge in [-0.15, -0.1) is 0 Å². The van der Waals surface area contributed by atoms with Crippen LogP contribution < -0.4 is 0 Å². The third-order valence-corrected chi connectivity index (χ3v) is 2.76. The number of aliphatic hydroxyl groups excluding tert-OH is 1. The van der Waals surface area contributed by atoms with Crippen molar-refractivity contribution in [3.63, 3.8) is 0 Å². The second-order valence-electron chi connectivity index (χ2n) is 3.70.